The summed E-state index contributed by atoms with van der Waals surface area (Å²) in [5.41, 5.74) is 2.51. The zero-order chi connectivity index (χ0) is 16.7. The number of amides is 1. The lowest BCUT2D eigenvalue weighted by Gasteiger charge is -2.19. The number of imidazole rings is 1. The van der Waals surface area contributed by atoms with E-state index in [0.29, 0.717) is 0 Å². The van der Waals surface area contributed by atoms with Gasteiger partial charge in [-0.25, -0.2) is 9.78 Å². The molecule has 0 radical (unpaired) electrons. The lowest BCUT2D eigenvalue weighted by molar-refractivity contribution is 0.0636. The molecule has 0 spiro atoms. The number of H-pyrrole nitrogens is 1. The summed E-state index contributed by atoms with van der Waals surface area (Å²) in [6.45, 7) is 7.17. The lowest BCUT2D eigenvalue weighted by Crippen LogP contribution is -2.27. The van der Waals surface area contributed by atoms with E-state index in [2.05, 4.69) is 20.6 Å². The van der Waals surface area contributed by atoms with Crippen LogP contribution in [0.15, 0.2) is 36.8 Å². The molecule has 0 unspecified atom stereocenters. The van der Waals surface area contributed by atoms with Gasteiger partial charge in [0, 0.05) is 24.1 Å². The van der Waals surface area contributed by atoms with E-state index in [1.54, 1.807) is 6.33 Å². The Kier molecular flexibility index (Phi) is 5.76. The van der Waals surface area contributed by atoms with E-state index in [1.165, 1.54) is 5.56 Å². The van der Waals surface area contributed by atoms with E-state index in [4.69, 9.17) is 4.74 Å². The average Bonchev–Trinajstić information content (AvgIpc) is 2.96. The van der Waals surface area contributed by atoms with Crippen molar-refractivity contribution >= 4 is 11.8 Å². The Morgan fingerprint density at radius 1 is 1.26 bits per heavy atom. The molecule has 3 N–H and O–H groups in total. The number of aromatic nitrogens is 2. The Labute approximate surface area is 136 Å². The molecule has 6 nitrogen and oxygen atoms in total. The van der Waals surface area contributed by atoms with Gasteiger partial charge in [-0.05, 0) is 51.4 Å². The predicted octanol–water partition coefficient (Wildman–Crippen LogP) is 3.09. The molecule has 2 rings (SSSR count). The van der Waals surface area contributed by atoms with E-state index in [9.17, 15) is 4.79 Å². The number of rotatable bonds is 6. The summed E-state index contributed by atoms with van der Waals surface area (Å²) >= 11 is 0. The molecular weight excluding hydrogens is 292 g/mol. The summed E-state index contributed by atoms with van der Waals surface area (Å²) in [6.07, 6.45) is 3.96. The summed E-state index contributed by atoms with van der Waals surface area (Å²) in [4.78, 5) is 18.7. The van der Waals surface area contributed by atoms with Crippen molar-refractivity contribution < 1.29 is 9.53 Å². The number of hydrogen-bond donors (Lipinski definition) is 3. The maximum Gasteiger partial charge on any atom is 0.412 e. The van der Waals surface area contributed by atoms with Crippen LogP contribution in [-0.4, -0.2) is 28.2 Å². The molecule has 2 aromatic rings. The largest absolute Gasteiger partial charge is 0.444 e. The van der Waals surface area contributed by atoms with Gasteiger partial charge in [0.25, 0.3) is 0 Å². The number of benzene rings is 1. The zero-order valence-electron chi connectivity index (χ0n) is 13.8. The molecule has 0 fully saturated rings. The Morgan fingerprint density at radius 3 is 2.61 bits per heavy atom. The fourth-order valence-electron chi connectivity index (χ4n) is 2.01. The number of nitrogens with one attached hydrogen (secondary N) is 3. The molecule has 124 valence electrons. The van der Waals surface area contributed by atoms with Crippen molar-refractivity contribution in [3.8, 4) is 0 Å². The first-order chi connectivity index (χ1) is 10.9. The SMILES string of the molecule is CC(C)(C)OC(=O)Nc1ccc(CCNCc2cnc[nH]2)cc1. The van der Waals surface area contributed by atoms with Gasteiger partial charge in [-0.3, -0.25) is 5.32 Å². The molecule has 0 atom stereocenters. The minimum absolute atomic E-state index is 0.438. The smallest absolute Gasteiger partial charge is 0.412 e. The molecule has 0 saturated heterocycles. The summed E-state index contributed by atoms with van der Waals surface area (Å²) in [5, 5.41) is 6.07. The maximum atomic E-state index is 11.7. The van der Waals surface area contributed by atoms with Gasteiger partial charge in [0.2, 0.25) is 0 Å². The molecule has 0 aliphatic heterocycles. The van der Waals surface area contributed by atoms with Gasteiger partial charge < -0.3 is 15.0 Å². The van der Waals surface area contributed by atoms with Gasteiger partial charge in [0.15, 0.2) is 0 Å². The molecule has 0 aliphatic rings. The molecule has 1 heterocycles. The standard InChI is InChI=1S/C17H24N4O2/c1-17(2,3)23-16(22)21-14-6-4-13(5-7-14)8-9-18-10-15-11-19-12-20-15/h4-7,11-12,18H,8-10H2,1-3H3,(H,19,20)(H,21,22). The number of ether oxygens (including phenoxy) is 1. The van der Waals surface area contributed by atoms with Gasteiger partial charge in [-0.2, -0.15) is 0 Å². The van der Waals surface area contributed by atoms with Crippen molar-refractivity contribution in [1.82, 2.24) is 15.3 Å². The normalized spacial score (nSPS) is 11.3. The topological polar surface area (TPSA) is 79.0 Å². The highest BCUT2D eigenvalue weighted by molar-refractivity contribution is 5.84. The Hall–Kier alpha value is -2.34. The second kappa shape index (κ2) is 7.78. The van der Waals surface area contributed by atoms with Crippen molar-refractivity contribution in [1.29, 1.82) is 0 Å². The first-order valence-electron chi connectivity index (χ1n) is 7.69. The van der Waals surface area contributed by atoms with Crippen molar-refractivity contribution in [2.24, 2.45) is 0 Å². The first-order valence-corrected chi connectivity index (χ1v) is 7.69. The molecule has 6 heteroatoms. The van der Waals surface area contributed by atoms with E-state index in [1.807, 2.05) is 51.2 Å². The number of nitrogens with zero attached hydrogens (tertiary/aromatic N) is 1. The Morgan fingerprint density at radius 2 is 2.00 bits per heavy atom. The summed E-state index contributed by atoms with van der Waals surface area (Å²) in [7, 11) is 0. The minimum atomic E-state index is -0.496. The van der Waals surface area contributed by atoms with Crippen LogP contribution >= 0.6 is 0 Å². The van der Waals surface area contributed by atoms with Gasteiger partial charge in [0.05, 0.1) is 6.33 Å². The molecular formula is C17H24N4O2. The summed E-state index contributed by atoms with van der Waals surface area (Å²) < 4.78 is 5.22. The highest BCUT2D eigenvalue weighted by Gasteiger charge is 2.15. The molecule has 0 bridgehead atoms. The van der Waals surface area contributed by atoms with Gasteiger partial charge in [-0.1, -0.05) is 12.1 Å². The second-order valence-corrected chi connectivity index (χ2v) is 6.33. The van der Waals surface area contributed by atoms with Crippen LogP contribution in [0.2, 0.25) is 0 Å². The number of carbonyl (C=O) groups is 1. The van der Waals surface area contributed by atoms with Gasteiger partial charge >= 0.3 is 6.09 Å². The first kappa shape index (κ1) is 17.0. The summed E-state index contributed by atoms with van der Waals surface area (Å²) in [5.74, 6) is 0. The van der Waals surface area contributed by atoms with Crippen LogP contribution in [0.3, 0.4) is 0 Å². The fourth-order valence-corrected chi connectivity index (χ4v) is 2.01. The third-order valence-electron chi connectivity index (χ3n) is 3.06. The van der Waals surface area contributed by atoms with Crippen molar-refractivity contribution in [2.75, 3.05) is 11.9 Å². The zero-order valence-corrected chi connectivity index (χ0v) is 13.8. The summed E-state index contributed by atoms with van der Waals surface area (Å²) in [6, 6.07) is 7.78. The van der Waals surface area contributed by atoms with Crippen LogP contribution in [0.1, 0.15) is 32.0 Å². The number of anilines is 1. The van der Waals surface area contributed by atoms with Crippen LogP contribution in [0.4, 0.5) is 10.5 Å². The van der Waals surface area contributed by atoms with E-state index >= 15 is 0 Å². The van der Waals surface area contributed by atoms with Crippen LogP contribution in [-0.2, 0) is 17.7 Å². The third kappa shape index (κ3) is 6.52. The maximum absolute atomic E-state index is 11.7. The van der Waals surface area contributed by atoms with Gasteiger partial charge in [-0.15, -0.1) is 0 Å². The molecule has 23 heavy (non-hydrogen) atoms. The molecule has 0 saturated carbocycles. The average molecular weight is 316 g/mol. The molecule has 1 aromatic carbocycles. The van der Waals surface area contributed by atoms with Crippen molar-refractivity contribution in [3.05, 3.63) is 48.0 Å². The highest BCUT2D eigenvalue weighted by atomic mass is 16.6. The lowest BCUT2D eigenvalue weighted by atomic mass is 10.1. The number of hydrogen-bond acceptors (Lipinski definition) is 4. The van der Waals surface area contributed by atoms with Crippen molar-refractivity contribution in [2.45, 2.75) is 39.3 Å². The second-order valence-electron chi connectivity index (χ2n) is 6.33. The van der Waals surface area contributed by atoms with Crippen LogP contribution in [0, 0.1) is 0 Å². The fraction of sp³-hybridized carbons (Fsp3) is 0.412. The molecule has 0 aliphatic carbocycles. The Bertz CT molecular complexity index is 601. The predicted molar refractivity (Wildman–Crippen MR) is 90.3 cm³/mol. The van der Waals surface area contributed by atoms with Crippen LogP contribution < -0.4 is 10.6 Å². The van der Waals surface area contributed by atoms with E-state index in [-0.39, 0.29) is 0 Å². The molecule has 1 aromatic heterocycles. The highest BCUT2D eigenvalue weighted by Crippen LogP contribution is 2.13. The van der Waals surface area contributed by atoms with E-state index in [0.717, 1.165) is 30.9 Å². The molecule has 1 amide bonds. The quantitative estimate of drug-likeness (QED) is 0.716. The van der Waals surface area contributed by atoms with Crippen molar-refractivity contribution in [3.63, 3.8) is 0 Å². The third-order valence-corrected chi connectivity index (χ3v) is 3.06. The van der Waals surface area contributed by atoms with Crippen LogP contribution in [0.25, 0.3) is 0 Å². The minimum Gasteiger partial charge on any atom is -0.444 e. The Balaban J connectivity index is 1.72. The number of carbonyl (C=O) groups excluding carboxylic acids is 1. The van der Waals surface area contributed by atoms with Gasteiger partial charge in [0.1, 0.15) is 5.60 Å². The number of aromatic amines is 1. The van der Waals surface area contributed by atoms with E-state index < -0.39 is 11.7 Å². The monoisotopic (exact) mass is 316 g/mol. The van der Waals surface area contributed by atoms with Crippen LogP contribution in [0.5, 0.6) is 0 Å².